The van der Waals surface area contributed by atoms with Gasteiger partial charge in [-0.3, -0.25) is 14.4 Å². The fraction of sp³-hybridized carbons (Fsp3) is 0.0244. The molecule has 0 radical (unpaired) electrons. The van der Waals surface area contributed by atoms with Crippen LogP contribution >= 0.6 is 11.8 Å². The Morgan fingerprint density at radius 1 is 0.620 bits per heavy atom. The molecule has 6 rings (SSSR count). The molecule has 0 fully saturated rings. The molecule has 0 aliphatic carbocycles. The Morgan fingerprint density at radius 2 is 1.28 bits per heavy atom. The van der Waals surface area contributed by atoms with Crippen LogP contribution in [-0.2, 0) is 9.59 Å². The van der Waals surface area contributed by atoms with Crippen molar-refractivity contribution in [2.75, 3.05) is 10.6 Å². The van der Waals surface area contributed by atoms with Gasteiger partial charge in [-0.15, -0.1) is 11.8 Å². The summed E-state index contributed by atoms with van der Waals surface area (Å²) in [6.45, 7) is 0. The number of thioether (sulfide) groups is 1. The molecule has 1 unspecified atom stereocenters. The second-order valence-electron chi connectivity index (χ2n) is 11.2. The first kappa shape index (κ1) is 33.5. The van der Waals surface area contributed by atoms with E-state index in [0.29, 0.717) is 21.8 Å². The molecule has 0 aliphatic heterocycles. The van der Waals surface area contributed by atoms with E-state index in [1.807, 2.05) is 84.9 Å². The maximum absolute atomic E-state index is 13.9. The van der Waals surface area contributed by atoms with Gasteiger partial charge in [-0.1, -0.05) is 97.1 Å². The molecule has 6 aromatic carbocycles. The molecule has 0 aromatic heterocycles. The van der Waals surface area contributed by atoms with E-state index in [2.05, 4.69) is 16.0 Å². The van der Waals surface area contributed by atoms with E-state index >= 15 is 0 Å². The number of carboxylic acid groups (broad SMARTS) is 1. The molecule has 0 saturated heterocycles. The second-order valence-corrected chi connectivity index (χ2v) is 12.4. The van der Waals surface area contributed by atoms with Gasteiger partial charge < -0.3 is 21.1 Å². The van der Waals surface area contributed by atoms with Crippen LogP contribution < -0.4 is 16.0 Å². The highest BCUT2D eigenvalue weighted by Crippen LogP contribution is 2.37. The number of benzene rings is 6. The lowest BCUT2D eigenvalue weighted by Crippen LogP contribution is -2.30. The van der Waals surface area contributed by atoms with E-state index in [9.17, 15) is 24.3 Å². The van der Waals surface area contributed by atoms with Crippen molar-refractivity contribution in [1.29, 1.82) is 0 Å². The molecule has 8 nitrogen and oxygen atoms in total. The normalized spacial score (nSPS) is 11.7. The van der Waals surface area contributed by atoms with Gasteiger partial charge in [0.15, 0.2) is 0 Å². The zero-order valence-electron chi connectivity index (χ0n) is 26.6. The minimum absolute atomic E-state index is 0.0590. The zero-order valence-corrected chi connectivity index (χ0v) is 27.4. The second kappa shape index (κ2) is 15.6. The van der Waals surface area contributed by atoms with Crippen LogP contribution in [0.5, 0.6) is 0 Å². The molecule has 50 heavy (non-hydrogen) atoms. The zero-order chi connectivity index (χ0) is 34.9. The van der Waals surface area contributed by atoms with Gasteiger partial charge in [-0.2, -0.15) is 0 Å². The predicted molar refractivity (Wildman–Crippen MR) is 198 cm³/mol. The molecule has 0 aliphatic rings. The monoisotopic (exact) mass is 677 g/mol. The van der Waals surface area contributed by atoms with Gasteiger partial charge in [-0.25, -0.2) is 4.79 Å². The summed E-state index contributed by atoms with van der Waals surface area (Å²) in [7, 11) is 0. The average Bonchev–Trinajstić information content (AvgIpc) is 3.14. The first-order valence-corrected chi connectivity index (χ1v) is 16.5. The number of carbonyl (C=O) groups excluding carboxylic acids is 3. The first-order valence-electron chi connectivity index (χ1n) is 15.7. The number of hydrogen-bond acceptors (Lipinski definition) is 5. The van der Waals surface area contributed by atoms with E-state index in [1.165, 1.54) is 23.9 Å². The SMILES string of the molecule is O=C(Nc1cccc(SC(C(=O)Nc2ccc(C(=O)O)cc2)c2ccccc2)c1)/C(=C\c1cccc2ccccc12)NC(=O)c1ccccc1. The number of aromatic carboxylic acids is 1. The Bertz CT molecular complexity index is 2200. The van der Waals surface area contributed by atoms with Crippen molar-refractivity contribution in [2.24, 2.45) is 0 Å². The number of hydrogen-bond donors (Lipinski definition) is 4. The summed E-state index contributed by atoms with van der Waals surface area (Å²) in [4.78, 5) is 52.6. The van der Waals surface area contributed by atoms with Crippen LogP contribution in [0.3, 0.4) is 0 Å². The Morgan fingerprint density at radius 3 is 2.02 bits per heavy atom. The molecule has 0 bridgehead atoms. The lowest BCUT2D eigenvalue weighted by Gasteiger charge is -2.18. The standard InChI is InChI=1S/C41H31N3O5S/c45-38(29-14-5-2-6-15-29)44-36(25-31-17-9-16-27-11-7-8-20-35(27)31)39(46)43-33-18-10-19-34(26-33)50-37(28-12-3-1-4-13-28)40(47)42-32-23-21-30(22-24-32)41(48)49/h1-26,37H,(H,42,47)(H,43,46)(H,44,45)(H,48,49)/b36-25+. The average molecular weight is 678 g/mol. The highest BCUT2D eigenvalue weighted by atomic mass is 32.2. The molecule has 3 amide bonds. The quantitative estimate of drug-likeness (QED) is 0.0806. The maximum atomic E-state index is 13.9. The number of amides is 3. The van der Waals surface area contributed by atoms with Gasteiger partial charge in [0, 0.05) is 21.8 Å². The number of nitrogens with one attached hydrogen (secondary N) is 3. The fourth-order valence-electron chi connectivity index (χ4n) is 5.26. The third-order valence-electron chi connectivity index (χ3n) is 7.74. The summed E-state index contributed by atoms with van der Waals surface area (Å²) in [6.07, 6.45) is 1.66. The Kier molecular flexibility index (Phi) is 10.5. The van der Waals surface area contributed by atoms with Gasteiger partial charge in [-0.05, 0) is 82.6 Å². The molecule has 1 atom stereocenters. The Labute approximate surface area is 292 Å². The van der Waals surface area contributed by atoms with E-state index in [-0.39, 0.29) is 17.2 Å². The van der Waals surface area contributed by atoms with Gasteiger partial charge in [0.1, 0.15) is 10.9 Å². The molecule has 0 saturated carbocycles. The summed E-state index contributed by atoms with van der Waals surface area (Å²) < 4.78 is 0. The van der Waals surface area contributed by atoms with Crippen LogP contribution in [0.4, 0.5) is 11.4 Å². The minimum Gasteiger partial charge on any atom is -0.478 e. The van der Waals surface area contributed by atoms with Crippen molar-refractivity contribution in [1.82, 2.24) is 5.32 Å². The van der Waals surface area contributed by atoms with E-state index < -0.39 is 23.0 Å². The largest absolute Gasteiger partial charge is 0.478 e. The van der Waals surface area contributed by atoms with Gasteiger partial charge >= 0.3 is 5.97 Å². The molecule has 4 N–H and O–H groups in total. The van der Waals surface area contributed by atoms with Crippen LogP contribution in [0.25, 0.3) is 16.8 Å². The number of anilines is 2. The number of fused-ring (bicyclic) bond motifs is 1. The minimum atomic E-state index is -1.05. The van der Waals surface area contributed by atoms with Crippen molar-refractivity contribution in [2.45, 2.75) is 10.1 Å². The summed E-state index contributed by atoms with van der Waals surface area (Å²) in [5.41, 5.74) is 3.04. The highest BCUT2D eigenvalue weighted by Gasteiger charge is 2.23. The van der Waals surface area contributed by atoms with Gasteiger partial charge in [0.2, 0.25) is 5.91 Å². The third kappa shape index (κ3) is 8.33. The van der Waals surface area contributed by atoms with Gasteiger partial charge in [0.25, 0.3) is 11.8 Å². The molecular formula is C41H31N3O5S. The molecular weight excluding hydrogens is 647 g/mol. The van der Waals surface area contributed by atoms with Crippen LogP contribution in [0, 0.1) is 0 Å². The van der Waals surface area contributed by atoms with Crippen LogP contribution in [0.15, 0.2) is 162 Å². The highest BCUT2D eigenvalue weighted by molar-refractivity contribution is 8.00. The molecule has 6 aromatic rings. The van der Waals surface area contributed by atoms with E-state index in [4.69, 9.17) is 0 Å². The van der Waals surface area contributed by atoms with Gasteiger partial charge in [0.05, 0.1) is 5.56 Å². The van der Waals surface area contributed by atoms with E-state index in [1.54, 1.807) is 60.7 Å². The fourth-order valence-corrected chi connectivity index (χ4v) is 6.34. The molecule has 0 heterocycles. The van der Waals surface area contributed by atoms with Crippen molar-refractivity contribution in [3.63, 3.8) is 0 Å². The predicted octanol–water partition coefficient (Wildman–Crippen LogP) is 8.42. The molecule has 0 spiro atoms. The maximum Gasteiger partial charge on any atom is 0.335 e. The Balaban J connectivity index is 1.25. The van der Waals surface area contributed by atoms with Crippen molar-refractivity contribution in [3.05, 3.63) is 180 Å². The summed E-state index contributed by atoms with van der Waals surface area (Å²) in [5.74, 6) is -2.30. The summed E-state index contributed by atoms with van der Waals surface area (Å²) in [5, 5.41) is 19.1. The van der Waals surface area contributed by atoms with Crippen molar-refractivity contribution in [3.8, 4) is 0 Å². The lowest BCUT2D eigenvalue weighted by atomic mass is 10.0. The topological polar surface area (TPSA) is 125 Å². The van der Waals surface area contributed by atoms with Crippen molar-refractivity contribution >= 4 is 63.7 Å². The number of carboxylic acids is 1. The van der Waals surface area contributed by atoms with Crippen LogP contribution in [0.1, 0.15) is 37.1 Å². The van der Waals surface area contributed by atoms with Crippen LogP contribution in [-0.4, -0.2) is 28.8 Å². The smallest absolute Gasteiger partial charge is 0.335 e. The molecule has 246 valence electrons. The lowest BCUT2D eigenvalue weighted by molar-refractivity contribution is -0.116. The van der Waals surface area contributed by atoms with Crippen LogP contribution in [0.2, 0.25) is 0 Å². The van der Waals surface area contributed by atoms with Crippen molar-refractivity contribution < 1.29 is 24.3 Å². The summed E-state index contributed by atoms with van der Waals surface area (Å²) in [6, 6.07) is 44.6. The molecule has 9 heteroatoms. The van der Waals surface area contributed by atoms with E-state index in [0.717, 1.165) is 21.9 Å². The first-order chi connectivity index (χ1) is 24.3. The number of carbonyl (C=O) groups is 4. The Hall–Kier alpha value is -6.45. The third-order valence-corrected chi connectivity index (χ3v) is 8.99. The summed E-state index contributed by atoms with van der Waals surface area (Å²) >= 11 is 1.30. The number of rotatable bonds is 11.